The third kappa shape index (κ3) is 1.81. The summed E-state index contributed by atoms with van der Waals surface area (Å²) in [6.07, 6.45) is 2.70. The number of hydrogen-bond donors (Lipinski definition) is 1. The Morgan fingerprint density at radius 2 is 2.19 bits per heavy atom. The second kappa shape index (κ2) is 4.43. The lowest BCUT2D eigenvalue weighted by Gasteiger charge is -2.22. The standard InChI is InChI=1S/C16H18N4O/c1-19-12(6-8-17-19)10-20-9-7-16(11-20)13-4-2-3-5-14(13)18-15(16)21/h2-6,8H,7,9-11H2,1H3,(H,18,21). The molecule has 3 heterocycles. The fraction of sp³-hybridized carbons (Fsp3) is 0.375. The molecule has 1 amide bonds. The molecule has 4 rings (SSSR count). The van der Waals surface area contributed by atoms with Crippen molar-refractivity contribution in [2.75, 3.05) is 18.4 Å². The number of hydrogen-bond acceptors (Lipinski definition) is 3. The second-order valence-corrected chi connectivity index (χ2v) is 5.99. The van der Waals surface area contributed by atoms with Gasteiger partial charge >= 0.3 is 0 Å². The van der Waals surface area contributed by atoms with E-state index in [4.69, 9.17) is 0 Å². The van der Waals surface area contributed by atoms with Gasteiger partial charge in [-0.15, -0.1) is 0 Å². The van der Waals surface area contributed by atoms with Gasteiger partial charge in [-0.3, -0.25) is 14.4 Å². The molecule has 0 saturated carbocycles. The van der Waals surface area contributed by atoms with Crippen molar-refractivity contribution in [1.29, 1.82) is 0 Å². The van der Waals surface area contributed by atoms with E-state index >= 15 is 0 Å². The van der Waals surface area contributed by atoms with Crippen LogP contribution in [0, 0.1) is 0 Å². The zero-order chi connectivity index (χ0) is 14.4. The third-order valence-electron chi connectivity index (χ3n) is 4.78. The zero-order valence-corrected chi connectivity index (χ0v) is 12.0. The van der Waals surface area contributed by atoms with Gasteiger partial charge in [0.15, 0.2) is 0 Å². The number of nitrogens with one attached hydrogen (secondary N) is 1. The van der Waals surface area contributed by atoms with Crippen molar-refractivity contribution in [3.63, 3.8) is 0 Å². The van der Waals surface area contributed by atoms with Gasteiger partial charge in [0.25, 0.3) is 0 Å². The van der Waals surface area contributed by atoms with Gasteiger partial charge in [-0.05, 0) is 24.1 Å². The molecular formula is C16H18N4O. The van der Waals surface area contributed by atoms with Crippen LogP contribution in [0.5, 0.6) is 0 Å². The summed E-state index contributed by atoms with van der Waals surface area (Å²) in [6, 6.07) is 10.1. The number of carbonyl (C=O) groups excluding carboxylic acids is 1. The Balaban J connectivity index is 1.61. The number of amides is 1. The highest BCUT2D eigenvalue weighted by atomic mass is 16.2. The van der Waals surface area contributed by atoms with Crippen molar-refractivity contribution >= 4 is 11.6 Å². The molecule has 2 aliphatic rings. The average molecular weight is 282 g/mol. The molecule has 108 valence electrons. The minimum Gasteiger partial charge on any atom is -0.325 e. The molecule has 1 saturated heterocycles. The maximum Gasteiger partial charge on any atom is 0.236 e. The van der Waals surface area contributed by atoms with Gasteiger partial charge in [0.2, 0.25) is 5.91 Å². The molecule has 5 heteroatoms. The Labute approximate surface area is 123 Å². The summed E-state index contributed by atoms with van der Waals surface area (Å²) in [6.45, 7) is 2.56. The Morgan fingerprint density at radius 1 is 1.33 bits per heavy atom. The number of aromatic nitrogens is 2. The Kier molecular flexibility index (Phi) is 2.65. The van der Waals surface area contributed by atoms with E-state index in [0.29, 0.717) is 0 Å². The lowest BCUT2D eigenvalue weighted by molar-refractivity contribution is -0.120. The summed E-state index contributed by atoms with van der Waals surface area (Å²) in [7, 11) is 1.96. The molecule has 0 bridgehead atoms. The van der Waals surface area contributed by atoms with Crippen LogP contribution < -0.4 is 5.32 Å². The molecular weight excluding hydrogens is 264 g/mol. The summed E-state index contributed by atoms with van der Waals surface area (Å²) in [5.74, 6) is 0.149. The smallest absolute Gasteiger partial charge is 0.236 e. The molecule has 1 aromatic heterocycles. The first kappa shape index (κ1) is 12.6. The third-order valence-corrected chi connectivity index (χ3v) is 4.78. The zero-order valence-electron chi connectivity index (χ0n) is 12.0. The number of aryl methyl sites for hydroxylation is 1. The maximum atomic E-state index is 12.5. The minimum atomic E-state index is -0.366. The fourth-order valence-electron chi connectivity index (χ4n) is 3.59. The molecule has 21 heavy (non-hydrogen) atoms. The van der Waals surface area contributed by atoms with Crippen LogP contribution in [0.4, 0.5) is 5.69 Å². The first-order valence-electron chi connectivity index (χ1n) is 7.29. The molecule has 1 N–H and O–H groups in total. The predicted molar refractivity (Wildman–Crippen MR) is 79.9 cm³/mol. The minimum absolute atomic E-state index is 0.149. The van der Waals surface area contributed by atoms with Gasteiger partial charge in [0, 0.05) is 38.6 Å². The fourth-order valence-corrected chi connectivity index (χ4v) is 3.59. The monoisotopic (exact) mass is 282 g/mol. The van der Waals surface area contributed by atoms with Crippen molar-refractivity contribution in [3.05, 3.63) is 47.8 Å². The van der Waals surface area contributed by atoms with E-state index in [9.17, 15) is 4.79 Å². The maximum absolute atomic E-state index is 12.5. The molecule has 1 unspecified atom stereocenters. The van der Waals surface area contributed by atoms with E-state index in [1.165, 1.54) is 5.69 Å². The molecule has 0 aliphatic carbocycles. The van der Waals surface area contributed by atoms with Crippen molar-refractivity contribution in [2.45, 2.75) is 18.4 Å². The van der Waals surface area contributed by atoms with Gasteiger partial charge in [-0.2, -0.15) is 5.10 Å². The van der Waals surface area contributed by atoms with Gasteiger partial charge in [0.1, 0.15) is 0 Å². The number of benzene rings is 1. The van der Waals surface area contributed by atoms with E-state index < -0.39 is 0 Å². The van der Waals surface area contributed by atoms with Gasteiger partial charge < -0.3 is 5.32 Å². The lowest BCUT2D eigenvalue weighted by atomic mass is 9.81. The van der Waals surface area contributed by atoms with Crippen LogP contribution >= 0.6 is 0 Å². The summed E-state index contributed by atoms with van der Waals surface area (Å²) in [5.41, 5.74) is 2.95. The number of para-hydroxylation sites is 1. The highest BCUT2D eigenvalue weighted by molar-refractivity contribution is 6.06. The number of carbonyl (C=O) groups is 1. The van der Waals surface area contributed by atoms with E-state index in [1.807, 2.05) is 42.2 Å². The van der Waals surface area contributed by atoms with E-state index in [1.54, 1.807) is 0 Å². The molecule has 1 fully saturated rings. The van der Waals surface area contributed by atoms with Crippen molar-refractivity contribution < 1.29 is 4.79 Å². The van der Waals surface area contributed by atoms with Gasteiger partial charge in [-0.25, -0.2) is 0 Å². The van der Waals surface area contributed by atoms with Crippen LogP contribution in [-0.4, -0.2) is 33.7 Å². The predicted octanol–water partition coefficient (Wildman–Crippen LogP) is 1.52. The summed E-state index contributed by atoms with van der Waals surface area (Å²) < 4.78 is 1.90. The highest BCUT2D eigenvalue weighted by Gasteiger charge is 2.50. The van der Waals surface area contributed by atoms with Crippen molar-refractivity contribution in [1.82, 2.24) is 14.7 Å². The SMILES string of the molecule is Cn1nccc1CN1CCC2(C1)C(=O)Nc1ccccc12. The second-order valence-electron chi connectivity index (χ2n) is 5.99. The number of anilines is 1. The number of nitrogens with zero attached hydrogens (tertiary/aromatic N) is 3. The van der Waals surface area contributed by atoms with Crippen LogP contribution in [0.3, 0.4) is 0 Å². The summed E-state index contributed by atoms with van der Waals surface area (Å²) >= 11 is 0. The van der Waals surface area contributed by atoms with Crippen LogP contribution in [0.1, 0.15) is 17.7 Å². The topological polar surface area (TPSA) is 50.2 Å². The molecule has 1 aromatic carbocycles. The first-order chi connectivity index (χ1) is 10.2. The molecule has 2 aromatic rings. The lowest BCUT2D eigenvalue weighted by Crippen LogP contribution is -2.37. The Hall–Kier alpha value is -2.14. The first-order valence-corrected chi connectivity index (χ1v) is 7.29. The highest BCUT2D eigenvalue weighted by Crippen LogP contribution is 2.44. The van der Waals surface area contributed by atoms with E-state index in [0.717, 1.165) is 37.3 Å². The summed E-state index contributed by atoms with van der Waals surface area (Å²) in [5, 5.41) is 7.25. The Bertz CT molecular complexity index is 708. The molecule has 1 atom stereocenters. The number of likely N-dealkylation sites (tertiary alicyclic amines) is 1. The number of fused-ring (bicyclic) bond motifs is 2. The summed E-state index contributed by atoms with van der Waals surface area (Å²) in [4.78, 5) is 14.9. The van der Waals surface area contributed by atoms with Crippen LogP contribution in [0.15, 0.2) is 36.5 Å². The van der Waals surface area contributed by atoms with Crippen LogP contribution in [0.2, 0.25) is 0 Å². The van der Waals surface area contributed by atoms with E-state index in [2.05, 4.69) is 21.4 Å². The quantitative estimate of drug-likeness (QED) is 0.908. The molecule has 0 radical (unpaired) electrons. The molecule has 5 nitrogen and oxygen atoms in total. The number of rotatable bonds is 2. The van der Waals surface area contributed by atoms with Gasteiger partial charge in [0.05, 0.1) is 11.1 Å². The normalized spacial score (nSPS) is 24.5. The van der Waals surface area contributed by atoms with E-state index in [-0.39, 0.29) is 11.3 Å². The van der Waals surface area contributed by atoms with Crippen LogP contribution in [0.25, 0.3) is 0 Å². The largest absolute Gasteiger partial charge is 0.325 e. The average Bonchev–Trinajstić information content (AvgIpc) is 3.14. The van der Waals surface area contributed by atoms with Crippen LogP contribution in [-0.2, 0) is 23.8 Å². The molecule has 2 aliphatic heterocycles. The van der Waals surface area contributed by atoms with Crippen molar-refractivity contribution in [3.8, 4) is 0 Å². The van der Waals surface area contributed by atoms with Crippen molar-refractivity contribution in [2.24, 2.45) is 7.05 Å². The Morgan fingerprint density at radius 3 is 3.00 bits per heavy atom. The molecule has 1 spiro atoms. The van der Waals surface area contributed by atoms with Gasteiger partial charge in [-0.1, -0.05) is 18.2 Å².